The van der Waals surface area contributed by atoms with Crippen molar-refractivity contribution in [3.8, 4) is 22.8 Å². The molecular formula is C22H16ClFN2O3S. The summed E-state index contributed by atoms with van der Waals surface area (Å²) in [5.41, 5.74) is 1.67. The van der Waals surface area contributed by atoms with Gasteiger partial charge in [-0.05, 0) is 29.8 Å². The van der Waals surface area contributed by atoms with Gasteiger partial charge in [0.05, 0.1) is 0 Å². The smallest absolute Gasteiger partial charge is 0.262 e. The second kappa shape index (κ2) is 8.39. The topological polar surface area (TPSA) is 72.2 Å². The van der Waals surface area contributed by atoms with Crippen LogP contribution in [0.15, 0.2) is 88.3 Å². The predicted octanol–water partition coefficient (Wildman–Crippen LogP) is 5.28. The van der Waals surface area contributed by atoms with Crippen LogP contribution in [0.3, 0.4) is 0 Å². The molecule has 0 saturated heterocycles. The zero-order valence-corrected chi connectivity index (χ0v) is 17.1. The molecule has 0 fully saturated rings. The standard InChI is InChI=1S/C22H16ClFN2O3S/c23-19-13-18(24)12-11-17(19)14-25-30(27,28)22-20(15-7-3-1-4-8-15)29-21(26-22)16-9-5-2-6-10-16/h1-13,25H,14H2. The molecular weight excluding hydrogens is 427 g/mol. The highest BCUT2D eigenvalue weighted by Crippen LogP contribution is 2.32. The molecule has 1 aromatic heterocycles. The Morgan fingerprint density at radius 2 is 1.57 bits per heavy atom. The second-order valence-corrected chi connectivity index (χ2v) is 8.54. The van der Waals surface area contributed by atoms with Gasteiger partial charge >= 0.3 is 0 Å². The van der Waals surface area contributed by atoms with E-state index in [0.29, 0.717) is 16.7 Å². The van der Waals surface area contributed by atoms with Gasteiger partial charge in [0.1, 0.15) is 5.82 Å². The molecule has 1 N–H and O–H groups in total. The summed E-state index contributed by atoms with van der Waals surface area (Å²) in [6, 6.07) is 21.7. The van der Waals surface area contributed by atoms with E-state index in [9.17, 15) is 12.8 Å². The molecule has 0 bridgehead atoms. The van der Waals surface area contributed by atoms with Gasteiger partial charge in [0.2, 0.25) is 10.9 Å². The van der Waals surface area contributed by atoms with Gasteiger partial charge in [-0.2, -0.15) is 4.98 Å². The van der Waals surface area contributed by atoms with E-state index in [4.69, 9.17) is 16.0 Å². The monoisotopic (exact) mass is 442 g/mol. The quantitative estimate of drug-likeness (QED) is 0.441. The second-order valence-electron chi connectivity index (χ2n) is 6.45. The largest absolute Gasteiger partial charge is 0.435 e. The van der Waals surface area contributed by atoms with E-state index in [-0.39, 0.29) is 28.2 Å². The maximum absolute atomic E-state index is 13.2. The van der Waals surface area contributed by atoms with Crippen LogP contribution in [-0.4, -0.2) is 13.4 Å². The van der Waals surface area contributed by atoms with Crippen molar-refractivity contribution in [2.75, 3.05) is 0 Å². The normalized spacial score (nSPS) is 11.5. The van der Waals surface area contributed by atoms with Crippen LogP contribution < -0.4 is 4.72 Å². The highest BCUT2D eigenvalue weighted by molar-refractivity contribution is 7.89. The number of sulfonamides is 1. The van der Waals surface area contributed by atoms with Crippen LogP contribution in [0.1, 0.15) is 5.56 Å². The van der Waals surface area contributed by atoms with Crippen molar-refractivity contribution in [3.63, 3.8) is 0 Å². The number of oxazole rings is 1. The third kappa shape index (κ3) is 4.28. The molecule has 4 rings (SSSR count). The Labute approximate surface area is 178 Å². The van der Waals surface area contributed by atoms with E-state index in [1.54, 1.807) is 36.4 Å². The molecule has 3 aromatic carbocycles. The lowest BCUT2D eigenvalue weighted by atomic mass is 10.2. The molecule has 30 heavy (non-hydrogen) atoms. The molecule has 0 aliphatic rings. The van der Waals surface area contributed by atoms with Crippen molar-refractivity contribution in [1.29, 1.82) is 0 Å². The molecule has 0 unspecified atom stereocenters. The Bertz CT molecular complexity index is 1280. The number of nitrogens with zero attached hydrogens (tertiary/aromatic N) is 1. The van der Waals surface area contributed by atoms with Crippen LogP contribution in [0.2, 0.25) is 5.02 Å². The number of benzene rings is 3. The van der Waals surface area contributed by atoms with E-state index in [1.165, 1.54) is 12.1 Å². The summed E-state index contributed by atoms with van der Waals surface area (Å²) in [4.78, 5) is 4.27. The van der Waals surface area contributed by atoms with Gasteiger partial charge in [0.15, 0.2) is 5.76 Å². The highest BCUT2D eigenvalue weighted by atomic mass is 35.5. The van der Waals surface area contributed by atoms with E-state index < -0.39 is 15.8 Å². The van der Waals surface area contributed by atoms with E-state index in [0.717, 1.165) is 6.07 Å². The van der Waals surface area contributed by atoms with Crippen LogP contribution >= 0.6 is 11.6 Å². The molecule has 0 aliphatic carbocycles. The summed E-state index contributed by atoms with van der Waals surface area (Å²) in [7, 11) is -4.06. The third-order valence-electron chi connectivity index (χ3n) is 4.38. The number of hydrogen-bond donors (Lipinski definition) is 1. The number of aromatic nitrogens is 1. The summed E-state index contributed by atoms with van der Waals surface area (Å²) < 4.78 is 47.7. The van der Waals surface area contributed by atoms with Crippen molar-refractivity contribution in [2.45, 2.75) is 11.6 Å². The minimum absolute atomic E-state index is 0.122. The molecule has 0 radical (unpaired) electrons. The Kier molecular flexibility index (Phi) is 5.67. The Morgan fingerprint density at radius 3 is 2.20 bits per heavy atom. The molecule has 0 saturated carbocycles. The van der Waals surface area contributed by atoms with Crippen LogP contribution in [-0.2, 0) is 16.6 Å². The Hall–Kier alpha value is -3.00. The SMILES string of the molecule is O=S(=O)(NCc1ccc(F)cc1Cl)c1nc(-c2ccccc2)oc1-c1ccccc1. The van der Waals surface area contributed by atoms with Gasteiger partial charge < -0.3 is 4.42 Å². The molecule has 4 aromatic rings. The fraction of sp³-hybridized carbons (Fsp3) is 0.0455. The molecule has 0 aliphatic heterocycles. The van der Waals surface area contributed by atoms with Crippen LogP contribution in [0.25, 0.3) is 22.8 Å². The van der Waals surface area contributed by atoms with Gasteiger partial charge in [0, 0.05) is 22.7 Å². The first kappa shape index (κ1) is 20.3. The third-order valence-corrected chi connectivity index (χ3v) is 6.04. The first-order valence-corrected chi connectivity index (χ1v) is 10.9. The van der Waals surface area contributed by atoms with Crippen LogP contribution in [0.5, 0.6) is 0 Å². The lowest BCUT2D eigenvalue weighted by Crippen LogP contribution is -2.24. The lowest BCUT2D eigenvalue weighted by Gasteiger charge is -2.07. The highest BCUT2D eigenvalue weighted by Gasteiger charge is 2.27. The van der Waals surface area contributed by atoms with Crippen molar-refractivity contribution in [1.82, 2.24) is 9.71 Å². The molecule has 8 heteroatoms. The van der Waals surface area contributed by atoms with Gasteiger partial charge in [-0.25, -0.2) is 17.5 Å². The van der Waals surface area contributed by atoms with Crippen molar-refractivity contribution < 1.29 is 17.2 Å². The fourth-order valence-corrected chi connectivity index (χ4v) is 4.19. The van der Waals surface area contributed by atoms with Gasteiger partial charge in [-0.1, -0.05) is 66.2 Å². The molecule has 1 heterocycles. The molecule has 0 atom stereocenters. The zero-order valence-electron chi connectivity index (χ0n) is 15.5. The van der Waals surface area contributed by atoms with E-state index >= 15 is 0 Å². The minimum Gasteiger partial charge on any atom is -0.435 e. The van der Waals surface area contributed by atoms with E-state index in [2.05, 4.69) is 9.71 Å². The van der Waals surface area contributed by atoms with Gasteiger partial charge in [-0.15, -0.1) is 0 Å². The Morgan fingerprint density at radius 1 is 0.933 bits per heavy atom. The van der Waals surface area contributed by atoms with Crippen LogP contribution in [0.4, 0.5) is 4.39 Å². The fourth-order valence-electron chi connectivity index (χ4n) is 2.87. The average Bonchev–Trinajstić information content (AvgIpc) is 3.21. The summed E-state index contributed by atoms with van der Waals surface area (Å²) in [6.07, 6.45) is 0. The number of rotatable bonds is 6. The summed E-state index contributed by atoms with van der Waals surface area (Å²) in [5, 5.41) is -0.100. The van der Waals surface area contributed by atoms with Gasteiger partial charge in [0.25, 0.3) is 10.0 Å². The van der Waals surface area contributed by atoms with Crippen molar-refractivity contribution >= 4 is 21.6 Å². The number of nitrogens with one attached hydrogen (secondary N) is 1. The minimum atomic E-state index is -4.06. The number of halogens is 2. The molecule has 0 spiro atoms. The molecule has 152 valence electrons. The van der Waals surface area contributed by atoms with Crippen LogP contribution in [0, 0.1) is 5.82 Å². The van der Waals surface area contributed by atoms with E-state index in [1.807, 2.05) is 24.3 Å². The average molecular weight is 443 g/mol. The summed E-state index contributed by atoms with van der Waals surface area (Å²) >= 11 is 6.01. The maximum Gasteiger partial charge on any atom is 0.262 e. The zero-order chi connectivity index (χ0) is 21.1. The lowest BCUT2D eigenvalue weighted by molar-refractivity contribution is 0.571. The number of hydrogen-bond acceptors (Lipinski definition) is 4. The maximum atomic E-state index is 13.2. The first-order valence-electron chi connectivity index (χ1n) is 8.99. The summed E-state index contributed by atoms with van der Waals surface area (Å²) in [6.45, 7) is -0.122. The van der Waals surface area contributed by atoms with Gasteiger partial charge in [-0.3, -0.25) is 0 Å². The Balaban J connectivity index is 1.73. The predicted molar refractivity (Wildman–Crippen MR) is 113 cm³/mol. The van der Waals surface area contributed by atoms with Crippen molar-refractivity contribution in [3.05, 3.63) is 95.3 Å². The molecule has 5 nitrogen and oxygen atoms in total. The first-order chi connectivity index (χ1) is 14.4. The molecule has 0 amide bonds. The summed E-state index contributed by atoms with van der Waals surface area (Å²) in [5.74, 6) is -0.177. The van der Waals surface area contributed by atoms with Crippen molar-refractivity contribution in [2.24, 2.45) is 0 Å².